The Kier molecular flexibility index (Phi) is 2.93. The highest BCUT2D eigenvalue weighted by atomic mass is 35.5. The van der Waals surface area contributed by atoms with Gasteiger partial charge < -0.3 is 11.1 Å². The van der Waals surface area contributed by atoms with Gasteiger partial charge in [0.05, 0.1) is 16.4 Å². The van der Waals surface area contributed by atoms with Crippen molar-refractivity contribution in [1.29, 1.82) is 0 Å². The number of hydrogen-bond donors (Lipinski definition) is 2. The zero-order valence-electron chi connectivity index (χ0n) is 9.46. The minimum Gasteiger partial charge on any atom is -0.394 e. The Hall–Kier alpha value is -1.75. The SMILES string of the molecule is Cc1nn(C)c(Nc2ccc(Cl)c(F)c2)c1N. The first-order valence-corrected chi connectivity index (χ1v) is 5.38. The van der Waals surface area contributed by atoms with Crippen molar-refractivity contribution in [1.82, 2.24) is 9.78 Å². The largest absolute Gasteiger partial charge is 0.394 e. The fourth-order valence-corrected chi connectivity index (χ4v) is 1.65. The highest BCUT2D eigenvalue weighted by Crippen LogP contribution is 2.26. The molecular formula is C11H12ClFN4. The second-order valence-electron chi connectivity index (χ2n) is 3.73. The van der Waals surface area contributed by atoms with Crippen LogP contribution >= 0.6 is 11.6 Å². The van der Waals surface area contributed by atoms with Crippen molar-refractivity contribution >= 4 is 28.8 Å². The maximum absolute atomic E-state index is 13.3. The molecule has 2 aromatic rings. The number of rotatable bonds is 2. The summed E-state index contributed by atoms with van der Waals surface area (Å²) in [6.07, 6.45) is 0. The number of aryl methyl sites for hydroxylation is 2. The van der Waals surface area contributed by atoms with Gasteiger partial charge in [-0.2, -0.15) is 5.10 Å². The van der Waals surface area contributed by atoms with E-state index in [1.54, 1.807) is 17.8 Å². The average Bonchev–Trinajstić information content (AvgIpc) is 2.50. The second kappa shape index (κ2) is 4.25. The van der Waals surface area contributed by atoms with E-state index in [0.717, 1.165) is 5.69 Å². The first-order valence-electron chi connectivity index (χ1n) is 5.00. The van der Waals surface area contributed by atoms with Crippen LogP contribution in [0.15, 0.2) is 18.2 Å². The van der Waals surface area contributed by atoms with Gasteiger partial charge in [-0.25, -0.2) is 4.39 Å². The standard InChI is InChI=1S/C11H12ClFN4/c1-6-10(14)11(17(2)16-6)15-7-3-4-8(12)9(13)5-7/h3-5,15H,14H2,1-2H3. The summed E-state index contributed by atoms with van der Waals surface area (Å²) < 4.78 is 14.9. The molecule has 17 heavy (non-hydrogen) atoms. The van der Waals surface area contributed by atoms with Crippen LogP contribution in [0.4, 0.5) is 21.6 Å². The molecule has 0 spiro atoms. The summed E-state index contributed by atoms with van der Waals surface area (Å²) >= 11 is 5.61. The van der Waals surface area contributed by atoms with Crippen LogP contribution in [0.2, 0.25) is 5.02 Å². The molecule has 1 aromatic heterocycles. The molecule has 2 rings (SSSR count). The van der Waals surface area contributed by atoms with Gasteiger partial charge in [0.1, 0.15) is 5.82 Å². The number of aromatic nitrogens is 2. The Morgan fingerprint density at radius 2 is 2.18 bits per heavy atom. The van der Waals surface area contributed by atoms with Crippen LogP contribution < -0.4 is 11.1 Å². The van der Waals surface area contributed by atoms with E-state index in [1.807, 2.05) is 6.92 Å². The van der Waals surface area contributed by atoms with E-state index < -0.39 is 5.82 Å². The zero-order valence-corrected chi connectivity index (χ0v) is 10.2. The van der Waals surface area contributed by atoms with Crippen molar-refractivity contribution < 1.29 is 4.39 Å². The van der Waals surface area contributed by atoms with Crippen molar-refractivity contribution in [2.45, 2.75) is 6.92 Å². The van der Waals surface area contributed by atoms with Gasteiger partial charge in [0.25, 0.3) is 0 Å². The summed E-state index contributed by atoms with van der Waals surface area (Å²) in [5.74, 6) is 0.151. The maximum Gasteiger partial charge on any atom is 0.152 e. The Balaban J connectivity index is 2.34. The van der Waals surface area contributed by atoms with E-state index in [1.165, 1.54) is 12.1 Å². The first-order chi connectivity index (χ1) is 7.99. The highest BCUT2D eigenvalue weighted by Gasteiger charge is 2.10. The highest BCUT2D eigenvalue weighted by molar-refractivity contribution is 6.30. The molecule has 0 aliphatic carbocycles. The number of halogens is 2. The molecule has 0 saturated heterocycles. The van der Waals surface area contributed by atoms with E-state index in [-0.39, 0.29) is 5.02 Å². The van der Waals surface area contributed by atoms with Gasteiger partial charge in [-0.1, -0.05) is 11.6 Å². The topological polar surface area (TPSA) is 55.9 Å². The fraction of sp³-hybridized carbons (Fsp3) is 0.182. The van der Waals surface area contributed by atoms with Crippen LogP contribution in [0.5, 0.6) is 0 Å². The van der Waals surface area contributed by atoms with Gasteiger partial charge in [0.15, 0.2) is 5.82 Å². The molecule has 3 N–H and O–H groups in total. The third-order valence-electron chi connectivity index (χ3n) is 2.45. The molecule has 0 amide bonds. The summed E-state index contributed by atoms with van der Waals surface area (Å²) in [7, 11) is 1.76. The number of nitrogen functional groups attached to an aromatic ring is 1. The van der Waals surface area contributed by atoms with Crippen LogP contribution in [0.3, 0.4) is 0 Å². The predicted molar refractivity (Wildman–Crippen MR) is 67.1 cm³/mol. The fourth-order valence-electron chi connectivity index (χ4n) is 1.53. The quantitative estimate of drug-likeness (QED) is 0.866. The number of anilines is 3. The molecule has 1 aromatic carbocycles. The Labute approximate surface area is 103 Å². The van der Waals surface area contributed by atoms with Crippen LogP contribution in [-0.2, 0) is 7.05 Å². The molecule has 0 saturated carbocycles. The van der Waals surface area contributed by atoms with E-state index in [4.69, 9.17) is 17.3 Å². The minimum absolute atomic E-state index is 0.0877. The Morgan fingerprint density at radius 3 is 2.71 bits per heavy atom. The Morgan fingerprint density at radius 1 is 1.47 bits per heavy atom. The smallest absolute Gasteiger partial charge is 0.152 e. The number of benzene rings is 1. The normalized spacial score (nSPS) is 10.6. The van der Waals surface area contributed by atoms with E-state index in [2.05, 4.69) is 10.4 Å². The molecular weight excluding hydrogens is 243 g/mol. The monoisotopic (exact) mass is 254 g/mol. The van der Waals surface area contributed by atoms with Crippen molar-refractivity contribution in [3.8, 4) is 0 Å². The number of hydrogen-bond acceptors (Lipinski definition) is 3. The lowest BCUT2D eigenvalue weighted by Gasteiger charge is -2.08. The summed E-state index contributed by atoms with van der Waals surface area (Å²) in [4.78, 5) is 0. The molecule has 6 heteroatoms. The number of nitrogens with zero attached hydrogens (tertiary/aromatic N) is 2. The molecule has 0 atom stereocenters. The van der Waals surface area contributed by atoms with Gasteiger partial charge in [-0.05, 0) is 25.1 Å². The van der Waals surface area contributed by atoms with Crippen LogP contribution in [0.25, 0.3) is 0 Å². The summed E-state index contributed by atoms with van der Waals surface area (Å²) in [5, 5.41) is 7.25. The molecule has 0 unspecified atom stereocenters. The molecule has 4 nitrogen and oxygen atoms in total. The molecule has 0 aliphatic rings. The van der Waals surface area contributed by atoms with Gasteiger partial charge in [0, 0.05) is 12.7 Å². The summed E-state index contributed by atoms with van der Waals surface area (Å²) in [5.41, 5.74) is 7.70. The summed E-state index contributed by atoms with van der Waals surface area (Å²) in [6, 6.07) is 4.47. The van der Waals surface area contributed by atoms with Gasteiger partial charge in [-0.3, -0.25) is 4.68 Å². The van der Waals surface area contributed by atoms with Crippen LogP contribution in [0.1, 0.15) is 5.69 Å². The van der Waals surface area contributed by atoms with Crippen LogP contribution in [-0.4, -0.2) is 9.78 Å². The van der Waals surface area contributed by atoms with Gasteiger partial charge in [0.2, 0.25) is 0 Å². The van der Waals surface area contributed by atoms with Crippen molar-refractivity contribution in [2.24, 2.45) is 7.05 Å². The molecule has 0 aliphatic heterocycles. The van der Waals surface area contributed by atoms with Gasteiger partial charge in [-0.15, -0.1) is 0 Å². The average molecular weight is 255 g/mol. The van der Waals surface area contributed by atoms with Gasteiger partial charge >= 0.3 is 0 Å². The van der Waals surface area contributed by atoms with E-state index in [9.17, 15) is 4.39 Å². The predicted octanol–water partition coefficient (Wildman–Crippen LogP) is 2.85. The molecule has 1 heterocycles. The lowest BCUT2D eigenvalue weighted by molar-refractivity contribution is 0.629. The second-order valence-corrected chi connectivity index (χ2v) is 4.13. The van der Waals surface area contributed by atoms with E-state index >= 15 is 0 Å². The lowest BCUT2D eigenvalue weighted by atomic mass is 10.3. The first kappa shape index (κ1) is 11.7. The molecule has 0 radical (unpaired) electrons. The summed E-state index contributed by atoms with van der Waals surface area (Å²) in [6.45, 7) is 1.81. The van der Waals surface area contributed by atoms with E-state index in [0.29, 0.717) is 17.2 Å². The maximum atomic E-state index is 13.3. The third kappa shape index (κ3) is 2.19. The van der Waals surface area contributed by atoms with Crippen LogP contribution in [0, 0.1) is 12.7 Å². The Bertz CT molecular complexity index is 565. The minimum atomic E-state index is -0.478. The van der Waals surface area contributed by atoms with Crippen molar-refractivity contribution in [2.75, 3.05) is 11.1 Å². The molecule has 0 bridgehead atoms. The zero-order chi connectivity index (χ0) is 12.6. The molecule has 0 fully saturated rings. The third-order valence-corrected chi connectivity index (χ3v) is 2.76. The number of nitrogens with two attached hydrogens (primary N) is 1. The van der Waals surface area contributed by atoms with Crippen molar-refractivity contribution in [3.63, 3.8) is 0 Å². The number of nitrogens with one attached hydrogen (secondary N) is 1. The molecule has 90 valence electrons. The lowest BCUT2D eigenvalue weighted by Crippen LogP contribution is -2.01. The van der Waals surface area contributed by atoms with Crippen molar-refractivity contribution in [3.05, 3.63) is 34.7 Å².